The lowest BCUT2D eigenvalue weighted by Gasteiger charge is -2.17. The molecule has 2 amide bonds. The molecule has 4 N–H and O–H groups in total. The zero-order valence-electron chi connectivity index (χ0n) is 11.2. The molecule has 0 atom stereocenters. The number of Topliss-reactive ketones (excluding diaryl/α,β-unsaturated/α-hetero) is 1. The van der Waals surface area contributed by atoms with Gasteiger partial charge in [-0.2, -0.15) is 0 Å². The molecule has 7 nitrogen and oxygen atoms in total. The highest BCUT2D eigenvalue weighted by molar-refractivity contribution is 5.98. The fraction of sp³-hybridized carbons (Fsp3) is 0.308. The Balaban J connectivity index is 2.72. The highest BCUT2D eigenvalue weighted by Gasteiger charge is 2.16. The summed E-state index contributed by atoms with van der Waals surface area (Å²) in [5, 5.41) is 0. The van der Waals surface area contributed by atoms with Crippen LogP contribution in [0.25, 0.3) is 0 Å². The van der Waals surface area contributed by atoms with E-state index in [1.807, 2.05) is 0 Å². The standard InChI is InChI=1S/C13H17N3O4/c1-20-10-4-2-9(3-5-10)11(17)6-16(7-12(14)18)8-13(15)19/h2-5H,6-8H2,1H3,(H2,14,18)(H2,15,19). The number of nitrogens with zero attached hydrogens (tertiary/aromatic N) is 1. The summed E-state index contributed by atoms with van der Waals surface area (Å²) in [7, 11) is 1.53. The first kappa shape index (κ1) is 15.6. The van der Waals surface area contributed by atoms with Crippen LogP contribution in [0.2, 0.25) is 0 Å². The Kier molecular flexibility index (Phi) is 5.67. The molecule has 0 unspecified atom stereocenters. The Labute approximate surface area is 116 Å². The van der Waals surface area contributed by atoms with Gasteiger partial charge < -0.3 is 16.2 Å². The average molecular weight is 279 g/mol. The molecule has 0 aliphatic carbocycles. The van der Waals surface area contributed by atoms with Crippen LogP contribution in [0.3, 0.4) is 0 Å². The summed E-state index contributed by atoms with van der Waals surface area (Å²) >= 11 is 0. The lowest BCUT2D eigenvalue weighted by atomic mass is 10.1. The smallest absolute Gasteiger partial charge is 0.231 e. The first-order valence-electron chi connectivity index (χ1n) is 5.88. The van der Waals surface area contributed by atoms with E-state index in [0.29, 0.717) is 11.3 Å². The van der Waals surface area contributed by atoms with Crippen LogP contribution in [-0.4, -0.2) is 49.2 Å². The highest BCUT2D eigenvalue weighted by atomic mass is 16.5. The zero-order chi connectivity index (χ0) is 15.1. The molecule has 0 bridgehead atoms. The van der Waals surface area contributed by atoms with Crippen molar-refractivity contribution in [2.24, 2.45) is 11.5 Å². The SMILES string of the molecule is COc1ccc(C(=O)CN(CC(N)=O)CC(N)=O)cc1. The van der Waals surface area contributed by atoms with Crippen LogP contribution >= 0.6 is 0 Å². The normalized spacial score (nSPS) is 10.3. The third-order valence-corrected chi connectivity index (χ3v) is 2.54. The Hall–Kier alpha value is -2.41. The van der Waals surface area contributed by atoms with Gasteiger partial charge in [-0.05, 0) is 24.3 Å². The predicted molar refractivity (Wildman–Crippen MR) is 72.2 cm³/mol. The maximum Gasteiger partial charge on any atom is 0.231 e. The summed E-state index contributed by atoms with van der Waals surface area (Å²) in [5.41, 5.74) is 10.6. The van der Waals surface area contributed by atoms with Crippen LogP contribution in [0, 0.1) is 0 Å². The quantitative estimate of drug-likeness (QED) is 0.601. The summed E-state index contributed by atoms with van der Waals surface area (Å²) in [6.45, 7) is -0.520. The van der Waals surface area contributed by atoms with Gasteiger partial charge >= 0.3 is 0 Å². The van der Waals surface area contributed by atoms with E-state index in [0.717, 1.165) is 0 Å². The number of nitrogens with two attached hydrogens (primary N) is 2. The molecule has 1 rings (SSSR count). The molecule has 0 radical (unpaired) electrons. The van der Waals surface area contributed by atoms with E-state index in [1.54, 1.807) is 24.3 Å². The van der Waals surface area contributed by atoms with Crippen molar-refractivity contribution < 1.29 is 19.1 Å². The van der Waals surface area contributed by atoms with Gasteiger partial charge in [-0.25, -0.2) is 0 Å². The molecule has 0 spiro atoms. The Morgan fingerprint density at radius 1 is 1.00 bits per heavy atom. The molecule has 20 heavy (non-hydrogen) atoms. The van der Waals surface area contributed by atoms with Crippen molar-refractivity contribution >= 4 is 17.6 Å². The van der Waals surface area contributed by atoms with Gasteiger partial charge in [0.15, 0.2) is 5.78 Å². The molecule has 0 aliphatic rings. The van der Waals surface area contributed by atoms with Gasteiger partial charge in [0.05, 0.1) is 26.7 Å². The van der Waals surface area contributed by atoms with Gasteiger partial charge in [-0.15, -0.1) is 0 Å². The summed E-state index contributed by atoms with van der Waals surface area (Å²) < 4.78 is 4.99. The second kappa shape index (κ2) is 7.25. The van der Waals surface area contributed by atoms with Crippen LogP contribution in [0.4, 0.5) is 0 Å². The monoisotopic (exact) mass is 279 g/mol. The van der Waals surface area contributed by atoms with E-state index < -0.39 is 11.8 Å². The van der Waals surface area contributed by atoms with E-state index in [-0.39, 0.29) is 25.4 Å². The third-order valence-electron chi connectivity index (χ3n) is 2.54. The van der Waals surface area contributed by atoms with Crippen molar-refractivity contribution in [1.82, 2.24) is 4.90 Å². The van der Waals surface area contributed by atoms with E-state index in [2.05, 4.69) is 0 Å². The first-order valence-corrected chi connectivity index (χ1v) is 5.88. The van der Waals surface area contributed by atoms with E-state index >= 15 is 0 Å². The summed E-state index contributed by atoms with van der Waals surface area (Å²) in [6, 6.07) is 6.52. The maximum atomic E-state index is 12.0. The predicted octanol–water partition coefficient (Wildman–Crippen LogP) is -0.849. The summed E-state index contributed by atoms with van der Waals surface area (Å²) in [4.78, 5) is 35.1. The molecular formula is C13H17N3O4. The largest absolute Gasteiger partial charge is 0.497 e. The highest BCUT2D eigenvalue weighted by Crippen LogP contribution is 2.12. The van der Waals surface area contributed by atoms with Gasteiger partial charge in [-0.1, -0.05) is 0 Å². The Bertz CT molecular complexity index is 483. The van der Waals surface area contributed by atoms with Gasteiger partial charge in [-0.3, -0.25) is 19.3 Å². The fourth-order valence-corrected chi connectivity index (χ4v) is 1.68. The molecule has 0 heterocycles. The number of carbonyl (C=O) groups excluding carboxylic acids is 3. The minimum Gasteiger partial charge on any atom is -0.497 e. The molecule has 0 saturated heterocycles. The number of carbonyl (C=O) groups is 3. The number of hydrogen-bond acceptors (Lipinski definition) is 5. The van der Waals surface area contributed by atoms with E-state index in [9.17, 15) is 14.4 Å². The van der Waals surface area contributed by atoms with E-state index in [1.165, 1.54) is 12.0 Å². The summed E-state index contributed by atoms with van der Waals surface area (Å²) in [6.07, 6.45) is 0. The van der Waals surface area contributed by atoms with E-state index in [4.69, 9.17) is 16.2 Å². The minimum atomic E-state index is -0.631. The second-order valence-corrected chi connectivity index (χ2v) is 4.23. The Morgan fingerprint density at radius 3 is 1.90 bits per heavy atom. The fourth-order valence-electron chi connectivity index (χ4n) is 1.68. The molecule has 0 fully saturated rings. The van der Waals surface area contributed by atoms with Crippen LogP contribution in [0.5, 0.6) is 5.75 Å². The number of rotatable bonds is 8. The van der Waals surface area contributed by atoms with Crippen LogP contribution in [0.1, 0.15) is 10.4 Å². The van der Waals surface area contributed by atoms with Crippen LogP contribution in [-0.2, 0) is 9.59 Å². The topological polar surface area (TPSA) is 116 Å². The molecule has 0 saturated carbocycles. The van der Waals surface area contributed by atoms with Gasteiger partial charge in [0.1, 0.15) is 5.75 Å². The molecule has 108 valence electrons. The number of ketones is 1. The first-order chi connectivity index (χ1) is 9.42. The second-order valence-electron chi connectivity index (χ2n) is 4.23. The van der Waals surface area contributed by atoms with Gasteiger partial charge in [0.2, 0.25) is 11.8 Å². The van der Waals surface area contributed by atoms with Crippen molar-refractivity contribution in [1.29, 1.82) is 0 Å². The minimum absolute atomic E-state index is 0.113. The Morgan fingerprint density at radius 2 is 1.50 bits per heavy atom. The molecule has 7 heteroatoms. The van der Waals surface area contributed by atoms with Crippen molar-refractivity contribution in [3.63, 3.8) is 0 Å². The number of hydrogen-bond donors (Lipinski definition) is 2. The molecule has 1 aromatic carbocycles. The molecule has 0 aliphatic heterocycles. The molecular weight excluding hydrogens is 262 g/mol. The van der Waals surface area contributed by atoms with Crippen LogP contribution in [0.15, 0.2) is 24.3 Å². The van der Waals surface area contributed by atoms with Crippen molar-refractivity contribution in [2.45, 2.75) is 0 Å². The average Bonchev–Trinajstić information content (AvgIpc) is 2.37. The number of benzene rings is 1. The lowest BCUT2D eigenvalue weighted by molar-refractivity contribution is -0.121. The number of methoxy groups -OCH3 is 1. The van der Waals surface area contributed by atoms with Gasteiger partial charge in [0, 0.05) is 5.56 Å². The number of ether oxygens (including phenoxy) is 1. The molecule has 0 aromatic heterocycles. The molecule has 1 aromatic rings. The maximum absolute atomic E-state index is 12.0. The van der Waals surface area contributed by atoms with Crippen LogP contribution < -0.4 is 16.2 Å². The zero-order valence-corrected chi connectivity index (χ0v) is 11.2. The van der Waals surface area contributed by atoms with Crippen molar-refractivity contribution in [2.75, 3.05) is 26.7 Å². The third kappa shape index (κ3) is 5.07. The number of amides is 2. The number of primary amides is 2. The lowest BCUT2D eigenvalue weighted by Crippen LogP contribution is -2.42. The van der Waals surface area contributed by atoms with Gasteiger partial charge in [0.25, 0.3) is 0 Å². The summed E-state index contributed by atoms with van der Waals surface area (Å²) in [5.74, 6) is -0.870. The van der Waals surface area contributed by atoms with Crippen molar-refractivity contribution in [3.05, 3.63) is 29.8 Å². The van der Waals surface area contributed by atoms with Crippen molar-refractivity contribution in [3.8, 4) is 5.75 Å².